The summed E-state index contributed by atoms with van der Waals surface area (Å²) in [6.07, 6.45) is 1.78. The number of aromatic nitrogens is 1. The molecule has 0 fully saturated rings. The van der Waals surface area contributed by atoms with Gasteiger partial charge in [-0.2, -0.15) is 0 Å². The molecule has 72 valence electrons. The fourth-order valence-corrected chi connectivity index (χ4v) is 1.02. The van der Waals surface area contributed by atoms with Crippen LogP contribution in [0.5, 0.6) is 0 Å². The van der Waals surface area contributed by atoms with Crippen LogP contribution in [0, 0.1) is 5.92 Å². The average molecular weight is 179 g/mol. The van der Waals surface area contributed by atoms with Gasteiger partial charge in [-0.3, -0.25) is 4.98 Å². The molecule has 0 saturated carbocycles. The van der Waals surface area contributed by atoms with Gasteiger partial charge in [-0.15, -0.1) is 0 Å². The molecule has 0 unspecified atom stereocenters. The first-order valence-corrected chi connectivity index (χ1v) is 4.61. The molecular formula is C10H17N3. The predicted molar refractivity (Wildman–Crippen MR) is 55.5 cm³/mol. The normalized spacial score (nSPS) is 10.5. The van der Waals surface area contributed by atoms with Crippen LogP contribution in [0.2, 0.25) is 0 Å². The molecule has 1 rings (SSSR count). The lowest BCUT2D eigenvalue weighted by Crippen LogP contribution is -2.08. The summed E-state index contributed by atoms with van der Waals surface area (Å²) >= 11 is 0. The lowest BCUT2D eigenvalue weighted by atomic mass is 10.2. The first-order valence-electron chi connectivity index (χ1n) is 4.61. The molecule has 0 aliphatic rings. The van der Waals surface area contributed by atoms with Crippen molar-refractivity contribution in [2.24, 2.45) is 11.7 Å². The van der Waals surface area contributed by atoms with Crippen LogP contribution in [0.1, 0.15) is 19.5 Å². The molecule has 1 heterocycles. The molecule has 13 heavy (non-hydrogen) atoms. The van der Waals surface area contributed by atoms with Crippen LogP contribution < -0.4 is 11.1 Å². The Labute approximate surface area is 79.4 Å². The van der Waals surface area contributed by atoms with E-state index in [4.69, 9.17) is 5.73 Å². The minimum absolute atomic E-state index is 0.497. The molecule has 0 bridgehead atoms. The highest BCUT2D eigenvalue weighted by Gasteiger charge is 1.96. The van der Waals surface area contributed by atoms with Crippen molar-refractivity contribution in [1.82, 2.24) is 4.98 Å². The van der Waals surface area contributed by atoms with Crippen molar-refractivity contribution >= 4 is 5.69 Å². The smallest absolute Gasteiger partial charge is 0.0559 e. The van der Waals surface area contributed by atoms with Crippen LogP contribution in [0.15, 0.2) is 18.3 Å². The van der Waals surface area contributed by atoms with Crippen LogP contribution in [0.3, 0.4) is 0 Å². The molecular weight excluding hydrogens is 162 g/mol. The molecule has 3 N–H and O–H groups in total. The summed E-state index contributed by atoms with van der Waals surface area (Å²) in [5, 5.41) is 3.32. The van der Waals surface area contributed by atoms with Crippen molar-refractivity contribution in [2.75, 3.05) is 11.9 Å². The molecule has 3 heteroatoms. The summed E-state index contributed by atoms with van der Waals surface area (Å²) in [6, 6.07) is 3.95. The van der Waals surface area contributed by atoms with E-state index in [1.165, 1.54) is 0 Å². The van der Waals surface area contributed by atoms with E-state index in [-0.39, 0.29) is 0 Å². The van der Waals surface area contributed by atoms with E-state index < -0.39 is 0 Å². The summed E-state index contributed by atoms with van der Waals surface area (Å²) in [6.45, 7) is 5.83. The maximum absolute atomic E-state index is 5.48. The second-order valence-corrected chi connectivity index (χ2v) is 3.51. The summed E-state index contributed by atoms with van der Waals surface area (Å²) < 4.78 is 0. The maximum Gasteiger partial charge on any atom is 0.0559 e. The van der Waals surface area contributed by atoms with E-state index in [9.17, 15) is 0 Å². The van der Waals surface area contributed by atoms with Gasteiger partial charge in [0.25, 0.3) is 0 Å². The zero-order valence-corrected chi connectivity index (χ0v) is 8.25. The van der Waals surface area contributed by atoms with Gasteiger partial charge in [0.05, 0.1) is 5.69 Å². The van der Waals surface area contributed by atoms with E-state index in [1.54, 1.807) is 6.20 Å². The Kier molecular flexibility index (Phi) is 3.71. The summed E-state index contributed by atoms with van der Waals surface area (Å²) in [4.78, 5) is 4.12. The van der Waals surface area contributed by atoms with Crippen molar-refractivity contribution in [3.63, 3.8) is 0 Å². The van der Waals surface area contributed by atoms with Crippen molar-refractivity contribution in [3.05, 3.63) is 24.0 Å². The second kappa shape index (κ2) is 4.82. The molecule has 0 aromatic carbocycles. The molecule has 0 aliphatic heterocycles. The topological polar surface area (TPSA) is 50.9 Å². The van der Waals surface area contributed by atoms with Gasteiger partial charge in [-0.25, -0.2) is 0 Å². The number of pyridine rings is 1. The van der Waals surface area contributed by atoms with E-state index >= 15 is 0 Å². The Morgan fingerprint density at radius 3 is 2.92 bits per heavy atom. The molecule has 0 radical (unpaired) electrons. The number of hydrogen-bond donors (Lipinski definition) is 2. The Hall–Kier alpha value is -1.09. The van der Waals surface area contributed by atoms with Crippen LogP contribution in [-0.2, 0) is 6.54 Å². The fourth-order valence-electron chi connectivity index (χ4n) is 1.02. The van der Waals surface area contributed by atoms with Gasteiger partial charge in [-0.05, 0) is 18.1 Å². The highest BCUT2D eigenvalue weighted by molar-refractivity contribution is 5.43. The number of rotatable bonds is 4. The highest BCUT2D eigenvalue weighted by atomic mass is 14.9. The van der Waals surface area contributed by atoms with Crippen LogP contribution in [0.4, 0.5) is 5.69 Å². The molecule has 1 aromatic rings. The van der Waals surface area contributed by atoms with E-state index in [0.29, 0.717) is 12.5 Å². The standard InChI is InChI=1S/C10H17N3/c1-8(2)7-13-9-3-4-12-10(5-9)6-11/h3-5,8H,6-7,11H2,1-2H3,(H,12,13). The Morgan fingerprint density at radius 1 is 1.54 bits per heavy atom. The van der Waals surface area contributed by atoms with Crippen molar-refractivity contribution in [1.29, 1.82) is 0 Å². The molecule has 0 spiro atoms. The van der Waals surface area contributed by atoms with Crippen molar-refractivity contribution < 1.29 is 0 Å². The van der Waals surface area contributed by atoms with Gasteiger partial charge in [-0.1, -0.05) is 13.8 Å². The number of anilines is 1. The third-order valence-electron chi connectivity index (χ3n) is 1.74. The summed E-state index contributed by atoms with van der Waals surface area (Å²) in [5.74, 6) is 0.648. The molecule has 0 amide bonds. The zero-order valence-electron chi connectivity index (χ0n) is 8.25. The SMILES string of the molecule is CC(C)CNc1ccnc(CN)c1. The largest absolute Gasteiger partial charge is 0.385 e. The van der Waals surface area contributed by atoms with Gasteiger partial charge in [0.2, 0.25) is 0 Å². The zero-order chi connectivity index (χ0) is 9.68. The Balaban J connectivity index is 2.56. The van der Waals surface area contributed by atoms with Gasteiger partial charge < -0.3 is 11.1 Å². The fraction of sp³-hybridized carbons (Fsp3) is 0.500. The predicted octanol–water partition coefficient (Wildman–Crippen LogP) is 1.61. The quantitative estimate of drug-likeness (QED) is 0.738. The van der Waals surface area contributed by atoms with E-state index in [2.05, 4.69) is 24.1 Å². The third kappa shape index (κ3) is 3.42. The minimum atomic E-state index is 0.497. The number of nitrogens with two attached hydrogens (primary N) is 1. The van der Waals surface area contributed by atoms with Crippen molar-refractivity contribution in [3.8, 4) is 0 Å². The van der Waals surface area contributed by atoms with E-state index in [0.717, 1.165) is 17.9 Å². The van der Waals surface area contributed by atoms with Crippen LogP contribution in [-0.4, -0.2) is 11.5 Å². The van der Waals surface area contributed by atoms with Gasteiger partial charge in [0.15, 0.2) is 0 Å². The third-order valence-corrected chi connectivity index (χ3v) is 1.74. The summed E-state index contributed by atoms with van der Waals surface area (Å²) in [7, 11) is 0. The average Bonchev–Trinajstić information content (AvgIpc) is 2.15. The lowest BCUT2D eigenvalue weighted by Gasteiger charge is -2.09. The second-order valence-electron chi connectivity index (χ2n) is 3.51. The molecule has 0 aliphatic carbocycles. The van der Waals surface area contributed by atoms with E-state index in [1.807, 2.05) is 12.1 Å². The number of nitrogens with one attached hydrogen (secondary N) is 1. The first kappa shape index (κ1) is 9.99. The first-order chi connectivity index (χ1) is 6.22. The minimum Gasteiger partial charge on any atom is -0.385 e. The number of hydrogen-bond acceptors (Lipinski definition) is 3. The highest BCUT2D eigenvalue weighted by Crippen LogP contribution is 2.08. The van der Waals surface area contributed by atoms with Crippen LogP contribution >= 0.6 is 0 Å². The summed E-state index contributed by atoms with van der Waals surface area (Å²) in [5.41, 5.74) is 7.51. The lowest BCUT2D eigenvalue weighted by molar-refractivity contribution is 0.688. The van der Waals surface area contributed by atoms with Crippen LogP contribution in [0.25, 0.3) is 0 Å². The number of nitrogens with zero attached hydrogens (tertiary/aromatic N) is 1. The Bertz CT molecular complexity index is 258. The van der Waals surface area contributed by atoms with Gasteiger partial charge in [0.1, 0.15) is 0 Å². The molecule has 3 nitrogen and oxygen atoms in total. The van der Waals surface area contributed by atoms with Crippen molar-refractivity contribution in [2.45, 2.75) is 20.4 Å². The van der Waals surface area contributed by atoms with Gasteiger partial charge >= 0.3 is 0 Å². The molecule has 0 saturated heterocycles. The van der Waals surface area contributed by atoms with Gasteiger partial charge in [0, 0.05) is 25.0 Å². The molecule has 0 atom stereocenters. The Morgan fingerprint density at radius 2 is 2.31 bits per heavy atom. The monoisotopic (exact) mass is 179 g/mol. The maximum atomic E-state index is 5.48. The molecule has 1 aromatic heterocycles.